The standard InChI is InChI=1S/C18H29N3O3/c1-2-20(10-16(22)23)14-7-13(8-14)19-18(24)21-9-15(11-3-4-11)17(21)12-5-6-12/h11-15,17H,2-10H2,1H3,(H,19,24)(H,22,23). The van der Waals surface area contributed by atoms with Crippen LogP contribution < -0.4 is 5.32 Å². The molecule has 0 aromatic heterocycles. The molecule has 2 unspecified atom stereocenters. The zero-order valence-electron chi connectivity index (χ0n) is 14.5. The van der Waals surface area contributed by atoms with Crippen molar-refractivity contribution in [1.82, 2.24) is 15.1 Å². The molecule has 1 heterocycles. The fourth-order valence-electron chi connectivity index (χ4n) is 4.70. The van der Waals surface area contributed by atoms with Gasteiger partial charge < -0.3 is 15.3 Å². The highest BCUT2D eigenvalue weighted by Crippen LogP contribution is 2.52. The van der Waals surface area contributed by atoms with Crippen LogP contribution in [0, 0.1) is 17.8 Å². The molecule has 0 aromatic carbocycles. The Labute approximate surface area is 143 Å². The Bertz CT molecular complexity index is 512. The number of aliphatic carboxylic acids is 1. The maximum Gasteiger partial charge on any atom is 0.317 e. The van der Waals surface area contributed by atoms with Crippen LogP contribution in [-0.4, -0.2) is 64.7 Å². The molecule has 24 heavy (non-hydrogen) atoms. The minimum Gasteiger partial charge on any atom is -0.480 e. The van der Waals surface area contributed by atoms with Crippen molar-refractivity contribution in [3.8, 4) is 0 Å². The molecule has 2 atom stereocenters. The molecule has 3 saturated carbocycles. The number of nitrogens with zero attached hydrogens (tertiary/aromatic N) is 2. The molecule has 0 radical (unpaired) electrons. The van der Waals surface area contributed by atoms with Gasteiger partial charge in [0, 0.05) is 30.6 Å². The smallest absolute Gasteiger partial charge is 0.317 e. The van der Waals surface area contributed by atoms with Gasteiger partial charge in [0.15, 0.2) is 0 Å². The van der Waals surface area contributed by atoms with Crippen LogP contribution in [0.2, 0.25) is 0 Å². The molecule has 0 bridgehead atoms. The van der Waals surface area contributed by atoms with Crippen molar-refractivity contribution < 1.29 is 14.7 Å². The van der Waals surface area contributed by atoms with E-state index in [1.807, 2.05) is 11.8 Å². The number of carboxylic acids is 1. The molecule has 2 amide bonds. The summed E-state index contributed by atoms with van der Waals surface area (Å²) < 4.78 is 0. The molecule has 134 valence electrons. The van der Waals surface area contributed by atoms with Gasteiger partial charge in [-0.2, -0.15) is 0 Å². The summed E-state index contributed by atoms with van der Waals surface area (Å²) in [6, 6.07) is 1.14. The minimum atomic E-state index is -0.775. The van der Waals surface area contributed by atoms with E-state index in [0.29, 0.717) is 12.1 Å². The summed E-state index contributed by atoms with van der Waals surface area (Å²) in [6.07, 6.45) is 7.07. The molecule has 1 saturated heterocycles. The molecule has 0 aromatic rings. The second-order valence-corrected chi connectivity index (χ2v) is 8.21. The van der Waals surface area contributed by atoms with Gasteiger partial charge in [0.05, 0.1) is 6.54 Å². The summed E-state index contributed by atoms with van der Waals surface area (Å²) in [6.45, 7) is 3.79. The quantitative estimate of drug-likeness (QED) is 0.743. The maximum atomic E-state index is 12.6. The zero-order valence-corrected chi connectivity index (χ0v) is 14.5. The van der Waals surface area contributed by atoms with Crippen molar-refractivity contribution in [3.05, 3.63) is 0 Å². The molecular formula is C18H29N3O3. The van der Waals surface area contributed by atoms with Gasteiger partial charge >= 0.3 is 12.0 Å². The lowest BCUT2D eigenvalue weighted by Crippen LogP contribution is -2.65. The van der Waals surface area contributed by atoms with Gasteiger partial charge in [-0.3, -0.25) is 9.69 Å². The summed E-state index contributed by atoms with van der Waals surface area (Å²) in [4.78, 5) is 27.6. The van der Waals surface area contributed by atoms with Crippen LogP contribution >= 0.6 is 0 Å². The van der Waals surface area contributed by atoms with E-state index in [2.05, 4.69) is 10.2 Å². The van der Waals surface area contributed by atoms with Crippen molar-refractivity contribution in [2.24, 2.45) is 17.8 Å². The van der Waals surface area contributed by atoms with Gasteiger partial charge in [-0.15, -0.1) is 0 Å². The van der Waals surface area contributed by atoms with Gasteiger partial charge in [-0.25, -0.2) is 4.79 Å². The molecule has 3 aliphatic carbocycles. The van der Waals surface area contributed by atoms with Gasteiger partial charge in [0.25, 0.3) is 0 Å². The predicted molar refractivity (Wildman–Crippen MR) is 89.7 cm³/mol. The molecule has 1 aliphatic heterocycles. The molecule has 4 aliphatic rings. The average Bonchev–Trinajstić information content (AvgIpc) is 3.33. The lowest BCUT2D eigenvalue weighted by molar-refractivity contribution is -0.139. The lowest BCUT2D eigenvalue weighted by Gasteiger charge is -2.50. The molecule has 0 spiro atoms. The van der Waals surface area contributed by atoms with Crippen molar-refractivity contribution in [2.45, 2.75) is 63.6 Å². The number of hydrogen-bond acceptors (Lipinski definition) is 3. The van der Waals surface area contributed by atoms with E-state index < -0.39 is 5.97 Å². The zero-order chi connectivity index (χ0) is 16.8. The van der Waals surface area contributed by atoms with Crippen LogP contribution in [-0.2, 0) is 4.79 Å². The van der Waals surface area contributed by atoms with Crippen molar-refractivity contribution in [1.29, 1.82) is 0 Å². The van der Waals surface area contributed by atoms with E-state index >= 15 is 0 Å². The number of amides is 2. The Morgan fingerprint density at radius 2 is 1.83 bits per heavy atom. The number of likely N-dealkylation sites (N-methyl/N-ethyl adjacent to an activating group) is 1. The minimum absolute atomic E-state index is 0.0980. The summed E-state index contributed by atoms with van der Waals surface area (Å²) in [5, 5.41) is 12.1. The highest BCUT2D eigenvalue weighted by Gasteiger charge is 2.54. The Morgan fingerprint density at radius 3 is 2.38 bits per heavy atom. The van der Waals surface area contributed by atoms with Gasteiger partial charge in [0.1, 0.15) is 0 Å². The van der Waals surface area contributed by atoms with E-state index in [4.69, 9.17) is 5.11 Å². The van der Waals surface area contributed by atoms with Crippen molar-refractivity contribution >= 4 is 12.0 Å². The number of carbonyl (C=O) groups is 2. The Balaban J connectivity index is 1.24. The van der Waals surface area contributed by atoms with Crippen LogP contribution in [0.1, 0.15) is 45.4 Å². The summed E-state index contributed by atoms with van der Waals surface area (Å²) in [5.74, 6) is 1.64. The van der Waals surface area contributed by atoms with E-state index in [9.17, 15) is 9.59 Å². The molecular weight excluding hydrogens is 306 g/mol. The molecule has 4 rings (SSSR count). The normalized spacial score (nSPS) is 35.3. The number of carbonyl (C=O) groups excluding carboxylic acids is 1. The van der Waals surface area contributed by atoms with E-state index in [1.54, 1.807) is 0 Å². The van der Waals surface area contributed by atoms with Gasteiger partial charge in [0.2, 0.25) is 0 Å². The fourth-order valence-corrected chi connectivity index (χ4v) is 4.70. The topological polar surface area (TPSA) is 72.9 Å². The number of urea groups is 1. The Morgan fingerprint density at radius 1 is 1.17 bits per heavy atom. The Hall–Kier alpha value is -1.30. The summed E-state index contributed by atoms with van der Waals surface area (Å²) >= 11 is 0. The second-order valence-electron chi connectivity index (χ2n) is 8.21. The van der Waals surface area contributed by atoms with Gasteiger partial charge in [-0.05, 0) is 56.9 Å². The van der Waals surface area contributed by atoms with E-state index in [0.717, 1.165) is 43.7 Å². The van der Waals surface area contributed by atoms with E-state index in [1.165, 1.54) is 25.7 Å². The molecule has 4 fully saturated rings. The van der Waals surface area contributed by atoms with Gasteiger partial charge in [-0.1, -0.05) is 6.92 Å². The third kappa shape index (κ3) is 3.13. The second kappa shape index (κ2) is 6.21. The monoisotopic (exact) mass is 335 g/mol. The maximum absolute atomic E-state index is 12.6. The molecule has 2 N–H and O–H groups in total. The number of nitrogens with one attached hydrogen (secondary N) is 1. The van der Waals surface area contributed by atoms with Crippen LogP contribution in [0.5, 0.6) is 0 Å². The number of rotatable bonds is 7. The predicted octanol–water partition coefficient (Wildman–Crippen LogP) is 1.75. The van der Waals surface area contributed by atoms with Crippen LogP contribution in [0.15, 0.2) is 0 Å². The van der Waals surface area contributed by atoms with Crippen LogP contribution in [0.4, 0.5) is 4.79 Å². The van der Waals surface area contributed by atoms with E-state index in [-0.39, 0.29) is 18.6 Å². The number of carboxylic acid groups (broad SMARTS) is 1. The average molecular weight is 335 g/mol. The fraction of sp³-hybridized carbons (Fsp3) is 0.889. The number of likely N-dealkylation sites (tertiary alicyclic amines) is 1. The first-order valence-corrected chi connectivity index (χ1v) is 9.59. The highest BCUT2D eigenvalue weighted by atomic mass is 16.4. The van der Waals surface area contributed by atoms with Crippen LogP contribution in [0.25, 0.3) is 0 Å². The third-order valence-electron chi connectivity index (χ3n) is 6.50. The van der Waals surface area contributed by atoms with Crippen molar-refractivity contribution in [2.75, 3.05) is 19.6 Å². The third-order valence-corrected chi connectivity index (χ3v) is 6.50. The first kappa shape index (κ1) is 16.2. The highest BCUT2D eigenvalue weighted by molar-refractivity contribution is 5.76. The summed E-state index contributed by atoms with van der Waals surface area (Å²) in [7, 11) is 0. The molecule has 6 nitrogen and oxygen atoms in total. The SMILES string of the molecule is CCN(CC(=O)O)C1CC(NC(=O)N2CC(C3CC3)C2C2CC2)C1. The first-order chi connectivity index (χ1) is 11.6. The summed E-state index contributed by atoms with van der Waals surface area (Å²) in [5.41, 5.74) is 0. The molecule has 6 heteroatoms. The first-order valence-electron chi connectivity index (χ1n) is 9.59. The van der Waals surface area contributed by atoms with Crippen LogP contribution in [0.3, 0.4) is 0 Å². The number of hydrogen-bond donors (Lipinski definition) is 2. The van der Waals surface area contributed by atoms with Crippen molar-refractivity contribution in [3.63, 3.8) is 0 Å². The lowest BCUT2D eigenvalue weighted by atomic mass is 9.81. The largest absolute Gasteiger partial charge is 0.480 e. The Kier molecular flexibility index (Phi) is 4.19.